The number of carbonyl (C=O) groups is 1. The lowest BCUT2D eigenvalue weighted by molar-refractivity contribution is 0.102. The zero-order valence-corrected chi connectivity index (χ0v) is 12.3. The van der Waals surface area contributed by atoms with Crippen LogP contribution in [0.5, 0.6) is 17.2 Å². The third-order valence-corrected chi connectivity index (χ3v) is 3.25. The zero-order valence-electron chi connectivity index (χ0n) is 12.3. The Morgan fingerprint density at radius 1 is 0.783 bits per heavy atom. The number of ether oxygens (including phenoxy) is 1. The molecule has 0 aliphatic carbocycles. The SMILES string of the molecule is O=C(Nc1ccccc1O)c1ccc(Oc2ccccc2)cc1. The second-order valence-electron chi connectivity index (χ2n) is 4.91. The molecule has 0 radical (unpaired) electrons. The second-order valence-corrected chi connectivity index (χ2v) is 4.91. The van der Waals surface area contributed by atoms with Gasteiger partial charge in [-0.05, 0) is 48.5 Å². The van der Waals surface area contributed by atoms with E-state index in [4.69, 9.17) is 4.74 Å². The van der Waals surface area contributed by atoms with E-state index in [0.717, 1.165) is 5.75 Å². The average Bonchev–Trinajstić information content (AvgIpc) is 2.58. The zero-order chi connectivity index (χ0) is 16.1. The van der Waals surface area contributed by atoms with E-state index in [9.17, 15) is 9.90 Å². The number of hydrogen-bond acceptors (Lipinski definition) is 3. The Bertz CT molecular complexity index is 798. The first-order valence-corrected chi connectivity index (χ1v) is 7.15. The molecule has 0 heterocycles. The molecule has 3 aromatic carbocycles. The monoisotopic (exact) mass is 305 g/mol. The number of rotatable bonds is 4. The average molecular weight is 305 g/mol. The van der Waals surface area contributed by atoms with Crippen LogP contribution < -0.4 is 10.1 Å². The number of benzene rings is 3. The summed E-state index contributed by atoms with van der Waals surface area (Å²) < 4.78 is 5.68. The van der Waals surface area contributed by atoms with Gasteiger partial charge in [-0.2, -0.15) is 0 Å². The van der Waals surface area contributed by atoms with Crippen molar-refractivity contribution in [3.8, 4) is 17.2 Å². The van der Waals surface area contributed by atoms with E-state index < -0.39 is 0 Å². The molecule has 0 saturated heterocycles. The van der Waals surface area contributed by atoms with Gasteiger partial charge in [0.05, 0.1) is 5.69 Å². The molecule has 1 amide bonds. The normalized spacial score (nSPS) is 10.1. The molecular weight excluding hydrogens is 290 g/mol. The van der Waals surface area contributed by atoms with Crippen molar-refractivity contribution in [2.75, 3.05) is 5.32 Å². The second kappa shape index (κ2) is 6.66. The standard InChI is InChI=1S/C19H15NO3/c21-18-9-5-4-8-17(18)20-19(22)14-10-12-16(13-11-14)23-15-6-2-1-3-7-15/h1-13,21H,(H,20,22). The number of nitrogens with one attached hydrogen (secondary N) is 1. The van der Waals surface area contributed by atoms with Crippen molar-refractivity contribution in [3.05, 3.63) is 84.4 Å². The smallest absolute Gasteiger partial charge is 0.255 e. The molecule has 0 aliphatic rings. The van der Waals surface area contributed by atoms with Crippen LogP contribution in [0.4, 0.5) is 5.69 Å². The molecule has 0 fully saturated rings. The van der Waals surface area contributed by atoms with Gasteiger partial charge in [0.25, 0.3) is 5.91 Å². The Kier molecular flexibility index (Phi) is 4.25. The van der Waals surface area contributed by atoms with Crippen LogP contribution in [-0.4, -0.2) is 11.0 Å². The number of carbonyl (C=O) groups excluding carboxylic acids is 1. The number of aromatic hydroxyl groups is 1. The molecule has 0 saturated carbocycles. The Morgan fingerprint density at radius 2 is 1.39 bits per heavy atom. The molecule has 0 spiro atoms. The molecule has 0 atom stereocenters. The van der Waals surface area contributed by atoms with Gasteiger partial charge >= 0.3 is 0 Å². The first-order chi connectivity index (χ1) is 11.2. The van der Waals surface area contributed by atoms with E-state index in [0.29, 0.717) is 17.0 Å². The van der Waals surface area contributed by atoms with Crippen molar-refractivity contribution in [1.82, 2.24) is 0 Å². The number of hydrogen-bond donors (Lipinski definition) is 2. The highest BCUT2D eigenvalue weighted by Crippen LogP contribution is 2.24. The maximum absolute atomic E-state index is 12.2. The minimum atomic E-state index is -0.294. The lowest BCUT2D eigenvalue weighted by Gasteiger charge is -2.08. The van der Waals surface area contributed by atoms with Crippen LogP contribution in [0.3, 0.4) is 0 Å². The summed E-state index contributed by atoms with van der Waals surface area (Å²) in [6.45, 7) is 0. The third-order valence-electron chi connectivity index (χ3n) is 3.25. The summed E-state index contributed by atoms with van der Waals surface area (Å²) in [4.78, 5) is 12.2. The number of para-hydroxylation sites is 3. The number of amides is 1. The number of phenols is 1. The first kappa shape index (κ1) is 14.7. The lowest BCUT2D eigenvalue weighted by atomic mass is 10.2. The van der Waals surface area contributed by atoms with Gasteiger partial charge in [-0.25, -0.2) is 0 Å². The fraction of sp³-hybridized carbons (Fsp3) is 0. The van der Waals surface area contributed by atoms with Crippen LogP contribution in [0.25, 0.3) is 0 Å². The summed E-state index contributed by atoms with van der Waals surface area (Å²) in [5.41, 5.74) is 0.857. The Hall–Kier alpha value is -3.27. The Balaban J connectivity index is 1.69. The van der Waals surface area contributed by atoms with Crippen molar-refractivity contribution < 1.29 is 14.6 Å². The lowest BCUT2D eigenvalue weighted by Crippen LogP contribution is -2.11. The molecule has 3 rings (SSSR count). The maximum atomic E-state index is 12.2. The minimum absolute atomic E-state index is 0.0323. The van der Waals surface area contributed by atoms with Crippen LogP contribution in [0.1, 0.15) is 10.4 Å². The van der Waals surface area contributed by atoms with Gasteiger partial charge in [0.2, 0.25) is 0 Å². The predicted octanol–water partition coefficient (Wildman–Crippen LogP) is 4.44. The van der Waals surface area contributed by atoms with Crippen molar-refractivity contribution in [3.63, 3.8) is 0 Å². The van der Waals surface area contributed by atoms with Crippen LogP contribution in [0, 0.1) is 0 Å². The highest BCUT2D eigenvalue weighted by molar-refractivity contribution is 6.05. The fourth-order valence-electron chi connectivity index (χ4n) is 2.07. The van der Waals surface area contributed by atoms with E-state index in [-0.39, 0.29) is 11.7 Å². The molecule has 23 heavy (non-hydrogen) atoms. The fourth-order valence-corrected chi connectivity index (χ4v) is 2.07. The number of phenolic OH excluding ortho intramolecular Hbond substituents is 1. The third kappa shape index (κ3) is 3.68. The minimum Gasteiger partial charge on any atom is -0.506 e. The van der Waals surface area contributed by atoms with Crippen LogP contribution in [-0.2, 0) is 0 Å². The van der Waals surface area contributed by atoms with Gasteiger partial charge in [-0.3, -0.25) is 4.79 Å². The summed E-state index contributed by atoms with van der Waals surface area (Å²) in [7, 11) is 0. The van der Waals surface area contributed by atoms with Crippen molar-refractivity contribution in [2.45, 2.75) is 0 Å². The van der Waals surface area contributed by atoms with Gasteiger partial charge in [-0.15, -0.1) is 0 Å². The summed E-state index contributed by atoms with van der Waals surface area (Å²) in [5, 5.41) is 12.3. The Morgan fingerprint density at radius 3 is 2.09 bits per heavy atom. The Labute approximate surface area is 134 Å². The van der Waals surface area contributed by atoms with E-state index >= 15 is 0 Å². The summed E-state index contributed by atoms with van der Waals surface area (Å²) >= 11 is 0. The molecule has 0 aromatic heterocycles. The molecule has 4 heteroatoms. The van der Waals surface area contributed by atoms with Crippen molar-refractivity contribution in [2.24, 2.45) is 0 Å². The van der Waals surface area contributed by atoms with E-state index in [2.05, 4.69) is 5.32 Å². The molecule has 0 bridgehead atoms. The summed E-state index contributed by atoms with van der Waals surface area (Å²) in [6.07, 6.45) is 0. The van der Waals surface area contributed by atoms with Gasteiger partial charge in [0.15, 0.2) is 0 Å². The molecule has 3 aromatic rings. The largest absolute Gasteiger partial charge is 0.506 e. The van der Waals surface area contributed by atoms with Crippen LogP contribution in [0.15, 0.2) is 78.9 Å². The maximum Gasteiger partial charge on any atom is 0.255 e. The molecule has 114 valence electrons. The highest BCUT2D eigenvalue weighted by atomic mass is 16.5. The van der Waals surface area contributed by atoms with Crippen LogP contribution in [0.2, 0.25) is 0 Å². The molecule has 4 nitrogen and oxygen atoms in total. The molecule has 2 N–H and O–H groups in total. The summed E-state index contributed by atoms with van der Waals surface area (Å²) in [6, 6.07) is 22.8. The van der Waals surface area contributed by atoms with Crippen molar-refractivity contribution >= 4 is 11.6 Å². The van der Waals surface area contributed by atoms with Crippen LogP contribution >= 0.6 is 0 Å². The molecular formula is C19H15NO3. The van der Waals surface area contributed by atoms with E-state index in [1.165, 1.54) is 6.07 Å². The quantitative estimate of drug-likeness (QED) is 0.701. The molecule has 0 aliphatic heterocycles. The highest BCUT2D eigenvalue weighted by Gasteiger charge is 2.08. The van der Waals surface area contributed by atoms with Gasteiger partial charge in [0, 0.05) is 5.56 Å². The van der Waals surface area contributed by atoms with Gasteiger partial charge in [-0.1, -0.05) is 30.3 Å². The van der Waals surface area contributed by atoms with Gasteiger partial charge < -0.3 is 15.2 Å². The van der Waals surface area contributed by atoms with Crippen molar-refractivity contribution in [1.29, 1.82) is 0 Å². The molecule has 0 unspecified atom stereocenters. The predicted molar refractivity (Wildman–Crippen MR) is 89.0 cm³/mol. The topological polar surface area (TPSA) is 58.6 Å². The van der Waals surface area contributed by atoms with Gasteiger partial charge in [0.1, 0.15) is 17.2 Å². The first-order valence-electron chi connectivity index (χ1n) is 7.15. The summed E-state index contributed by atoms with van der Waals surface area (Å²) in [5.74, 6) is 1.12. The van der Waals surface area contributed by atoms with E-state index in [1.807, 2.05) is 30.3 Å². The van der Waals surface area contributed by atoms with E-state index in [1.54, 1.807) is 42.5 Å². The number of anilines is 1.